The molecule has 0 radical (unpaired) electrons. The monoisotopic (exact) mass is 374 g/mol. The third-order valence-corrected chi connectivity index (χ3v) is 4.42. The van der Waals surface area contributed by atoms with Crippen molar-refractivity contribution in [1.82, 2.24) is 0 Å². The maximum absolute atomic E-state index is 13.4. The first-order valence-electron chi connectivity index (χ1n) is 9.28. The fourth-order valence-electron chi connectivity index (χ4n) is 2.81. The van der Waals surface area contributed by atoms with Gasteiger partial charge in [0.2, 0.25) is 0 Å². The van der Waals surface area contributed by atoms with Gasteiger partial charge in [0.1, 0.15) is 17.8 Å². The van der Waals surface area contributed by atoms with Crippen LogP contribution in [0, 0.1) is 18.7 Å². The largest absolute Gasteiger partial charge is 0.507 e. The Morgan fingerprint density at radius 3 is 2.41 bits per heavy atom. The molecule has 0 bridgehead atoms. The van der Waals surface area contributed by atoms with Gasteiger partial charge in [-0.1, -0.05) is 25.1 Å². The zero-order valence-corrected chi connectivity index (χ0v) is 15.9. The minimum atomic E-state index is -0.359. The van der Waals surface area contributed by atoms with Crippen LogP contribution in [0.5, 0.6) is 17.2 Å². The molecule has 0 spiro atoms. The predicted molar refractivity (Wildman–Crippen MR) is 103 cm³/mol. The second-order valence-corrected chi connectivity index (χ2v) is 6.74. The van der Waals surface area contributed by atoms with Crippen LogP contribution >= 0.6 is 0 Å². The van der Waals surface area contributed by atoms with Crippen LogP contribution in [0.3, 0.4) is 0 Å². The summed E-state index contributed by atoms with van der Waals surface area (Å²) in [6.45, 7) is 4.71. The first-order chi connectivity index (χ1) is 13.0. The summed E-state index contributed by atoms with van der Waals surface area (Å²) in [4.78, 5) is 10.6. The zero-order valence-electron chi connectivity index (χ0n) is 15.9. The van der Waals surface area contributed by atoms with E-state index < -0.39 is 0 Å². The van der Waals surface area contributed by atoms with Gasteiger partial charge in [-0.05, 0) is 55.9 Å². The third kappa shape index (κ3) is 6.27. The number of halogens is 1. The van der Waals surface area contributed by atoms with E-state index in [1.54, 1.807) is 18.2 Å². The van der Waals surface area contributed by atoms with Gasteiger partial charge >= 0.3 is 0 Å². The van der Waals surface area contributed by atoms with E-state index in [-0.39, 0.29) is 23.2 Å². The molecule has 0 aliphatic rings. The lowest BCUT2D eigenvalue weighted by molar-refractivity contribution is -0.108. The number of hydrogen-bond donors (Lipinski definition) is 1. The second kappa shape index (κ2) is 10.6. The average molecular weight is 374 g/mol. The van der Waals surface area contributed by atoms with Gasteiger partial charge in [0.15, 0.2) is 11.6 Å². The predicted octanol–water partition coefficient (Wildman–Crippen LogP) is 4.85. The van der Waals surface area contributed by atoms with Crippen LogP contribution in [0.25, 0.3) is 0 Å². The van der Waals surface area contributed by atoms with Gasteiger partial charge in [0.25, 0.3) is 0 Å². The molecule has 0 amide bonds. The number of phenols is 1. The molecule has 2 aromatic carbocycles. The number of carbonyl (C=O) groups is 1. The van der Waals surface area contributed by atoms with Crippen molar-refractivity contribution >= 4 is 6.29 Å². The molecule has 146 valence electrons. The summed E-state index contributed by atoms with van der Waals surface area (Å²) in [6.07, 6.45) is 3.53. The van der Waals surface area contributed by atoms with Gasteiger partial charge in [-0.15, -0.1) is 0 Å². The highest BCUT2D eigenvalue weighted by atomic mass is 19.1. The Labute approximate surface area is 159 Å². The molecule has 1 unspecified atom stereocenters. The van der Waals surface area contributed by atoms with E-state index in [9.17, 15) is 14.3 Å². The molecule has 4 nitrogen and oxygen atoms in total. The summed E-state index contributed by atoms with van der Waals surface area (Å²) in [5.74, 6) is 0.970. The minimum Gasteiger partial charge on any atom is -0.507 e. The highest BCUT2D eigenvalue weighted by Crippen LogP contribution is 2.32. The van der Waals surface area contributed by atoms with E-state index in [1.165, 1.54) is 6.07 Å². The SMILES string of the molecule is Cc1c(OCCCCOc2ccccc2F)ccc(CC(C)CC=O)c1O. The number of para-hydroxylation sites is 1. The van der Waals surface area contributed by atoms with Crippen LogP contribution in [0.1, 0.15) is 37.3 Å². The summed E-state index contributed by atoms with van der Waals surface area (Å²) in [6, 6.07) is 10.0. The van der Waals surface area contributed by atoms with Crippen molar-refractivity contribution in [2.75, 3.05) is 13.2 Å². The molecule has 2 aromatic rings. The van der Waals surface area contributed by atoms with Gasteiger partial charge in [0.05, 0.1) is 13.2 Å². The van der Waals surface area contributed by atoms with Crippen molar-refractivity contribution in [3.63, 3.8) is 0 Å². The summed E-state index contributed by atoms with van der Waals surface area (Å²) in [5.41, 5.74) is 1.53. The molecule has 0 heterocycles. The Morgan fingerprint density at radius 1 is 1.07 bits per heavy atom. The van der Waals surface area contributed by atoms with Gasteiger partial charge in [-0.3, -0.25) is 0 Å². The van der Waals surface area contributed by atoms with Crippen LogP contribution in [-0.2, 0) is 11.2 Å². The van der Waals surface area contributed by atoms with Crippen molar-refractivity contribution in [1.29, 1.82) is 0 Å². The van der Waals surface area contributed by atoms with Crippen LogP contribution in [0.15, 0.2) is 36.4 Å². The number of hydrogen-bond acceptors (Lipinski definition) is 4. The van der Waals surface area contributed by atoms with E-state index >= 15 is 0 Å². The van der Waals surface area contributed by atoms with Crippen molar-refractivity contribution in [3.05, 3.63) is 53.3 Å². The van der Waals surface area contributed by atoms with Crippen molar-refractivity contribution in [2.45, 2.75) is 39.5 Å². The lowest BCUT2D eigenvalue weighted by atomic mass is 9.96. The zero-order chi connectivity index (χ0) is 19.6. The van der Waals surface area contributed by atoms with Crippen LogP contribution in [-0.4, -0.2) is 24.6 Å². The lowest BCUT2D eigenvalue weighted by Gasteiger charge is -2.15. The molecule has 1 N–H and O–H groups in total. The summed E-state index contributed by atoms with van der Waals surface area (Å²) < 4.78 is 24.6. The molecule has 0 aromatic heterocycles. The fourth-order valence-corrected chi connectivity index (χ4v) is 2.81. The van der Waals surface area contributed by atoms with Crippen molar-refractivity contribution in [3.8, 4) is 17.2 Å². The Balaban J connectivity index is 1.76. The van der Waals surface area contributed by atoms with Gasteiger partial charge in [-0.2, -0.15) is 0 Å². The Morgan fingerprint density at radius 2 is 1.74 bits per heavy atom. The topological polar surface area (TPSA) is 55.8 Å². The Hall–Kier alpha value is -2.56. The highest BCUT2D eigenvalue weighted by molar-refractivity contribution is 5.51. The molecule has 0 aliphatic carbocycles. The first kappa shape index (κ1) is 20.7. The minimum absolute atomic E-state index is 0.189. The number of benzene rings is 2. The molecule has 27 heavy (non-hydrogen) atoms. The van der Waals surface area contributed by atoms with E-state index in [1.807, 2.05) is 26.0 Å². The number of phenolic OH excluding ortho intramolecular Hbond substituents is 1. The number of aldehydes is 1. The molecule has 1 atom stereocenters. The Kier molecular flexibility index (Phi) is 8.11. The van der Waals surface area contributed by atoms with Crippen LogP contribution in [0.4, 0.5) is 4.39 Å². The normalized spacial score (nSPS) is 11.8. The van der Waals surface area contributed by atoms with Gasteiger partial charge < -0.3 is 19.4 Å². The average Bonchev–Trinajstić information content (AvgIpc) is 2.65. The number of unbranched alkanes of at least 4 members (excludes halogenated alkanes) is 1. The van der Waals surface area contributed by atoms with Crippen LogP contribution < -0.4 is 9.47 Å². The fraction of sp³-hybridized carbons (Fsp3) is 0.409. The molecule has 0 saturated heterocycles. The van der Waals surface area contributed by atoms with Gasteiger partial charge in [0, 0.05) is 12.0 Å². The van der Waals surface area contributed by atoms with Crippen molar-refractivity contribution in [2.24, 2.45) is 5.92 Å². The smallest absolute Gasteiger partial charge is 0.165 e. The standard InChI is InChI=1S/C22H27FO4/c1-16(11-12-24)15-18-9-10-20(17(2)22(18)25)26-13-5-6-14-27-21-8-4-3-7-19(21)23/h3-4,7-10,12,16,25H,5-6,11,13-15H2,1-2H3. The Bertz CT molecular complexity index is 745. The number of aromatic hydroxyl groups is 1. The second-order valence-electron chi connectivity index (χ2n) is 6.74. The van der Waals surface area contributed by atoms with Gasteiger partial charge in [-0.25, -0.2) is 4.39 Å². The number of carbonyl (C=O) groups excluding carboxylic acids is 1. The summed E-state index contributed by atoms with van der Waals surface area (Å²) in [7, 11) is 0. The number of rotatable bonds is 11. The molecule has 0 fully saturated rings. The molecule has 5 heteroatoms. The summed E-state index contributed by atoms with van der Waals surface area (Å²) in [5, 5.41) is 10.4. The molecular formula is C22H27FO4. The maximum atomic E-state index is 13.4. The molecule has 0 aliphatic heterocycles. The molecule has 2 rings (SSSR count). The van der Waals surface area contributed by atoms with E-state index in [2.05, 4.69) is 0 Å². The van der Waals surface area contributed by atoms with Crippen molar-refractivity contribution < 1.29 is 23.8 Å². The van der Waals surface area contributed by atoms with E-state index in [0.717, 1.165) is 24.7 Å². The number of ether oxygens (including phenoxy) is 2. The maximum Gasteiger partial charge on any atom is 0.165 e. The lowest BCUT2D eigenvalue weighted by Crippen LogP contribution is -2.05. The third-order valence-electron chi connectivity index (χ3n) is 4.42. The highest BCUT2D eigenvalue weighted by Gasteiger charge is 2.12. The van der Waals surface area contributed by atoms with E-state index in [4.69, 9.17) is 9.47 Å². The van der Waals surface area contributed by atoms with E-state index in [0.29, 0.717) is 37.4 Å². The molecular weight excluding hydrogens is 347 g/mol. The van der Waals surface area contributed by atoms with Crippen LogP contribution in [0.2, 0.25) is 0 Å². The molecule has 0 saturated carbocycles. The summed E-state index contributed by atoms with van der Waals surface area (Å²) >= 11 is 0. The quantitative estimate of drug-likeness (QED) is 0.451. The first-order valence-corrected chi connectivity index (χ1v) is 9.28.